The molecule has 2 fully saturated rings. The van der Waals surface area contributed by atoms with Gasteiger partial charge in [-0.05, 0) is 37.8 Å². The number of aromatic nitrogens is 3. The number of sulfone groups is 1. The van der Waals surface area contributed by atoms with Gasteiger partial charge in [0.15, 0.2) is 15.0 Å². The number of hydrogen-bond donors (Lipinski definition) is 0. The quantitative estimate of drug-likeness (QED) is 0.583. The fourth-order valence-corrected chi connectivity index (χ4v) is 6.56. The van der Waals surface area contributed by atoms with E-state index in [4.69, 9.17) is 4.42 Å². The standard InChI is InChI=1S/C19H27N5O4S2/c1-22(15-7-11-30(26,27)14-15)17(25)13-29-19-21-20-18(23-8-3-2-4-9-23)24(19)12-16-6-5-10-28-16/h5-6,10,15H,2-4,7-9,11-14H2,1H3. The molecule has 0 bridgehead atoms. The van der Waals surface area contributed by atoms with E-state index >= 15 is 0 Å². The van der Waals surface area contributed by atoms with Gasteiger partial charge < -0.3 is 14.2 Å². The molecule has 11 heteroatoms. The normalized spacial score (nSPS) is 21.1. The highest BCUT2D eigenvalue weighted by molar-refractivity contribution is 7.99. The lowest BCUT2D eigenvalue weighted by Gasteiger charge is -2.27. The molecule has 0 spiro atoms. The predicted octanol–water partition coefficient (Wildman–Crippen LogP) is 1.65. The van der Waals surface area contributed by atoms with Crippen molar-refractivity contribution in [2.45, 2.75) is 43.4 Å². The summed E-state index contributed by atoms with van der Waals surface area (Å²) in [6.07, 6.45) is 5.62. The first-order chi connectivity index (χ1) is 14.4. The van der Waals surface area contributed by atoms with E-state index in [0.717, 1.165) is 37.6 Å². The minimum atomic E-state index is -3.03. The molecule has 4 rings (SSSR count). The lowest BCUT2D eigenvalue weighted by Crippen LogP contribution is -2.38. The maximum atomic E-state index is 12.7. The molecule has 2 aromatic rings. The summed E-state index contributed by atoms with van der Waals surface area (Å²) in [5.74, 6) is 1.89. The van der Waals surface area contributed by atoms with Crippen molar-refractivity contribution in [1.82, 2.24) is 19.7 Å². The number of rotatable bonds is 7. The lowest BCUT2D eigenvalue weighted by atomic mass is 10.1. The van der Waals surface area contributed by atoms with Gasteiger partial charge >= 0.3 is 0 Å². The monoisotopic (exact) mass is 453 g/mol. The van der Waals surface area contributed by atoms with E-state index < -0.39 is 9.84 Å². The number of carbonyl (C=O) groups excluding carboxylic acids is 1. The van der Waals surface area contributed by atoms with Crippen molar-refractivity contribution in [3.05, 3.63) is 24.2 Å². The van der Waals surface area contributed by atoms with Crippen molar-refractivity contribution in [1.29, 1.82) is 0 Å². The maximum absolute atomic E-state index is 12.7. The minimum Gasteiger partial charge on any atom is -0.467 e. The van der Waals surface area contributed by atoms with Crippen LogP contribution in [0.3, 0.4) is 0 Å². The first-order valence-electron chi connectivity index (χ1n) is 10.2. The number of hydrogen-bond acceptors (Lipinski definition) is 8. The van der Waals surface area contributed by atoms with Gasteiger partial charge in [-0.25, -0.2) is 8.42 Å². The molecule has 4 heterocycles. The molecular weight excluding hydrogens is 426 g/mol. The van der Waals surface area contributed by atoms with Gasteiger partial charge in [-0.1, -0.05) is 11.8 Å². The molecule has 164 valence electrons. The van der Waals surface area contributed by atoms with E-state index in [0.29, 0.717) is 18.1 Å². The van der Waals surface area contributed by atoms with Crippen molar-refractivity contribution in [2.75, 3.05) is 42.3 Å². The zero-order valence-electron chi connectivity index (χ0n) is 17.1. The van der Waals surface area contributed by atoms with Crippen molar-refractivity contribution >= 4 is 33.5 Å². The Morgan fingerprint density at radius 1 is 1.30 bits per heavy atom. The van der Waals surface area contributed by atoms with Crippen molar-refractivity contribution in [3.8, 4) is 0 Å². The number of piperidine rings is 1. The smallest absolute Gasteiger partial charge is 0.233 e. The fourth-order valence-electron chi connectivity index (χ4n) is 3.92. The number of thioether (sulfide) groups is 1. The molecule has 2 aliphatic rings. The Morgan fingerprint density at radius 2 is 2.10 bits per heavy atom. The van der Waals surface area contributed by atoms with Gasteiger partial charge in [-0.3, -0.25) is 9.36 Å². The summed E-state index contributed by atoms with van der Waals surface area (Å²) in [6, 6.07) is 3.52. The van der Waals surface area contributed by atoms with Crippen LogP contribution < -0.4 is 4.90 Å². The van der Waals surface area contributed by atoms with Gasteiger partial charge in [-0.15, -0.1) is 10.2 Å². The molecule has 1 atom stereocenters. The second-order valence-electron chi connectivity index (χ2n) is 7.85. The number of carbonyl (C=O) groups is 1. The third-order valence-electron chi connectivity index (χ3n) is 5.70. The topological polar surface area (TPSA) is 102 Å². The number of nitrogens with zero attached hydrogens (tertiary/aromatic N) is 5. The summed E-state index contributed by atoms with van der Waals surface area (Å²) in [5.41, 5.74) is 0. The zero-order chi connectivity index (χ0) is 21.1. The Hall–Kier alpha value is -2.01. The number of furan rings is 1. The van der Waals surface area contributed by atoms with Gasteiger partial charge in [0.25, 0.3) is 0 Å². The van der Waals surface area contributed by atoms with E-state index in [2.05, 4.69) is 15.1 Å². The van der Waals surface area contributed by atoms with Gasteiger partial charge in [0.2, 0.25) is 11.9 Å². The summed E-state index contributed by atoms with van der Waals surface area (Å²) >= 11 is 1.33. The summed E-state index contributed by atoms with van der Waals surface area (Å²) in [6.45, 7) is 2.39. The molecule has 30 heavy (non-hydrogen) atoms. The third-order valence-corrected chi connectivity index (χ3v) is 8.41. The second-order valence-corrected chi connectivity index (χ2v) is 11.0. The molecule has 2 aliphatic heterocycles. The Morgan fingerprint density at radius 3 is 2.77 bits per heavy atom. The molecule has 9 nitrogen and oxygen atoms in total. The van der Waals surface area contributed by atoms with Gasteiger partial charge in [0, 0.05) is 26.2 Å². The van der Waals surface area contributed by atoms with Crippen LogP contribution in [-0.2, 0) is 21.2 Å². The van der Waals surface area contributed by atoms with Crippen LogP contribution in [0.5, 0.6) is 0 Å². The van der Waals surface area contributed by atoms with Crippen LogP contribution in [0.4, 0.5) is 5.95 Å². The van der Waals surface area contributed by atoms with Crippen molar-refractivity contribution in [3.63, 3.8) is 0 Å². The Kier molecular flexibility index (Phi) is 6.37. The average Bonchev–Trinajstić information content (AvgIpc) is 3.47. The molecule has 1 unspecified atom stereocenters. The highest BCUT2D eigenvalue weighted by Gasteiger charge is 2.33. The average molecular weight is 454 g/mol. The van der Waals surface area contributed by atoms with Crippen LogP contribution in [-0.4, -0.2) is 77.4 Å². The van der Waals surface area contributed by atoms with E-state index in [1.807, 2.05) is 16.7 Å². The molecule has 1 amide bonds. The highest BCUT2D eigenvalue weighted by atomic mass is 32.2. The zero-order valence-corrected chi connectivity index (χ0v) is 18.7. The lowest BCUT2D eigenvalue weighted by molar-refractivity contribution is -0.128. The third kappa shape index (κ3) is 4.83. The van der Waals surface area contributed by atoms with Crippen LogP contribution in [0.1, 0.15) is 31.4 Å². The summed E-state index contributed by atoms with van der Waals surface area (Å²) in [7, 11) is -1.35. The fraction of sp³-hybridized carbons (Fsp3) is 0.632. The Labute approximate surface area is 180 Å². The molecule has 0 radical (unpaired) electrons. The predicted molar refractivity (Wildman–Crippen MR) is 114 cm³/mol. The van der Waals surface area contributed by atoms with E-state index in [-0.39, 0.29) is 29.2 Å². The largest absolute Gasteiger partial charge is 0.467 e. The van der Waals surface area contributed by atoms with Crippen molar-refractivity contribution < 1.29 is 17.6 Å². The molecule has 2 aromatic heterocycles. The van der Waals surface area contributed by atoms with Crippen LogP contribution in [0, 0.1) is 0 Å². The number of amides is 1. The van der Waals surface area contributed by atoms with E-state index in [1.165, 1.54) is 18.2 Å². The second kappa shape index (κ2) is 9.01. The Bertz CT molecular complexity index is 967. The van der Waals surface area contributed by atoms with Crippen LogP contribution in [0.2, 0.25) is 0 Å². The first kappa shape index (κ1) is 21.2. The van der Waals surface area contributed by atoms with Crippen molar-refractivity contribution in [2.24, 2.45) is 0 Å². The Balaban J connectivity index is 1.46. The van der Waals surface area contributed by atoms with Gasteiger partial charge in [0.1, 0.15) is 5.76 Å². The molecule has 0 saturated carbocycles. The van der Waals surface area contributed by atoms with Gasteiger partial charge in [0.05, 0.1) is 30.1 Å². The SMILES string of the molecule is CN(C(=O)CSc1nnc(N2CCCCC2)n1Cc1ccco1)C1CCS(=O)(=O)C1. The molecule has 0 aliphatic carbocycles. The summed E-state index contributed by atoms with van der Waals surface area (Å²) in [4.78, 5) is 16.5. The minimum absolute atomic E-state index is 0.0493. The summed E-state index contributed by atoms with van der Waals surface area (Å²) < 4.78 is 31.0. The number of anilines is 1. The molecular formula is C19H27N5O4S2. The summed E-state index contributed by atoms with van der Waals surface area (Å²) in [5, 5.41) is 9.42. The van der Waals surface area contributed by atoms with E-state index in [1.54, 1.807) is 18.2 Å². The molecule has 2 saturated heterocycles. The highest BCUT2D eigenvalue weighted by Crippen LogP contribution is 2.26. The maximum Gasteiger partial charge on any atom is 0.233 e. The molecule has 0 N–H and O–H groups in total. The first-order valence-corrected chi connectivity index (χ1v) is 13.0. The molecule has 0 aromatic carbocycles. The van der Waals surface area contributed by atoms with Gasteiger partial charge in [-0.2, -0.15) is 0 Å². The van der Waals surface area contributed by atoms with E-state index in [9.17, 15) is 13.2 Å². The van der Waals surface area contributed by atoms with Crippen LogP contribution in [0.15, 0.2) is 28.0 Å². The van der Waals surface area contributed by atoms with Crippen LogP contribution in [0.25, 0.3) is 0 Å². The van der Waals surface area contributed by atoms with Crippen LogP contribution >= 0.6 is 11.8 Å².